The van der Waals surface area contributed by atoms with Gasteiger partial charge in [0, 0.05) is 43.8 Å². The van der Waals surface area contributed by atoms with Gasteiger partial charge in [0.2, 0.25) is 0 Å². The van der Waals surface area contributed by atoms with Crippen molar-refractivity contribution in [2.75, 3.05) is 26.3 Å². The molecule has 1 fully saturated rings. The van der Waals surface area contributed by atoms with Crippen LogP contribution in [0.1, 0.15) is 42.6 Å². The molecule has 2 aromatic heterocycles. The predicted molar refractivity (Wildman–Crippen MR) is 90.9 cm³/mol. The van der Waals surface area contributed by atoms with Crippen molar-refractivity contribution in [1.82, 2.24) is 24.8 Å². The molecule has 0 bridgehead atoms. The summed E-state index contributed by atoms with van der Waals surface area (Å²) in [6.45, 7) is 8.50. The van der Waals surface area contributed by atoms with Crippen molar-refractivity contribution in [3.63, 3.8) is 0 Å². The average molecular weight is 331 g/mol. The second kappa shape index (κ2) is 7.72. The zero-order valence-electron chi connectivity index (χ0n) is 14.4. The highest BCUT2D eigenvalue weighted by Gasteiger charge is 2.20. The van der Waals surface area contributed by atoms with Crippen molar-refractivity contribution in [1.29, 1.82) is 0 Å². The molecule has 3 heterocycles. The third kappa shape index (κ3) is 3.73. The van der Waals surface area contributed by atoms with Gasteiger partial charge in [-0.05, 0) is 25.9 Å². The third-order valence-corrected chi connectivity index (χ3v) is 4.51. The molecule has 130 valence electrons. The lowest BCUT2D eigenvalue weighted by molar-refractivity contribution is 0.0697. The van der Waals surface area contributed by atoms with E-state index >= 15 is 0 Å². The van der Waals surface area contributed by atoms with Crippen LogP contribution in [-0.4, -0.2) is 57.8 Å². The van der Waals surface area contributed by atoms with Gasteiger partial charge in [-0.1, -0.05) is 13.8 Å². The molecule has 1 saturated heterocycles. The molecule has 1 amide bonds. The van der Waals surface area contributed by atoms with Gasteiger partial charge in [-0.25, -0.2) is 9.50 Å². The van der Waals surface area contributed by atoms with Crippen LogP contribution < -0.4 is 5.32 Å². The topological polar surface area (TPSA) is 71.8 Å². The Balaban J connectivity index is 1.74. The van der Waals surface area contributed by atoms with E-state index in [1.54, 1.807) is 10.7 Å². The van der Waals surface area contributed by atoms with Gasteiger partial charge in [0.15, 0.2) is 5.65 Å². The summed E-state index contributed by atoms with van der Waals surface area (Å²) in [4.78, 5) is 19.3. The minimum atomic E-state index is -0.110. The number of ether oxygens (including phenoxy) is 1. The van der Waals surface area contributed by atoms with E-state index in [0.717, 1.165) is 38.0 Å². The predicted octanol–water partition coefficient (Wildman–Crippen LogP) is 1.48. The summed E-state index contributed by atoms with van der Waals surface area (Å²) in [7, 11) is 0. The minimum absolute atomic E-state index is 0.110. The summed E-state index contributed by atoms with van der Waals surface area (Å²) in [6, 6.07) is 0.170. The van der Waals surface area contributed by atoms with Crippen LogP contribution >= 0.6 is 0 Å². The number of hydrogen-bond donors (Lipinski definition) is 1. The molecule has 0 unspecified atom stereocenters. The van der Waals surface area contributed by atoms with E-state index in [0.29, 0.717) is 24.4 Å². The second-order valence-electron chi connectivity index (χ2n) is 6.11. The lowest BCUT2D eigenvalue weighted by Crippen LogP contribution is -2.38. The Labute approximate surface area is 142 Å². The van der Waals surface area contributed by atoms with Crippen molar-refractivity contribution in [3.05, 3.63) is 29.7 Å². The SMILES string of the molecule is CCN(CC)Cc1cnc2c(C(=O)NC3CCOCC3)cnn2c1. The number of fused-ring (bicyclic) bond motifs is 1. The molecule has 0 aliphatic carbocycles. The molecule has 0 saturated carbocycles. The molecular weight excluding hydrogens is 306 g/mol. The van der Waals surface area contributed by atoms with Gasteiger partial charge in [-0.2, -0.15) is 5.10 Å². The first-order valence-electron chi connectivity index (χ1n) is 8.64. The number of amides is 1. The number of rotatable bonds is 6. The molecule has 7 heteroatoms. The molecule has 1 aliphatic rings. The standard InChI is InChI=1S/C17H25N5O2/c1-3-21(4-2)11-13-9-18-16-15(10-19-22(16)12-13)17(23)20-14-5-7-24-8-6-14/h9-10,12,14H,3-8,11H2,1-2H3,(H,20,23). The van der Waals surface area contributed by atoms with Gasteiger partial charge in [0.25, 0.3) is 5.91 Å². The van der Waals surface area contributed by atoms with Gasteiger partial charge in [0.05, 0.1) is 6.20 Å². The van der Waals surface area contributed by atoms with E-state index in [-0.39, 0.29) is 11.9 Å². The van der Waals surface area contributed by atoms with Crippen LogP contribution in [0.15, 0.2) is 18.6 Å². The van der Waals surface area contributed by atoms with Crippen LogP contribution in [-0.2, 0) is 11.3 Å². The minimum Gasteiger partial charge on any atom is -0.381 e. The summed E-state index contributed by atoms with van der Waals surface area (Å²) in [5.41, 5.74) is 2.21. The smallest absolute Gasteiger partial charge is 0.256 e. The Morgan fingerprint density at radius 3 is 2.79 bits per heavy atom. The number of carbonyl (C=O) groups is 1. The summed E-state index contributed by atoms with van der Waals surface area (Å²) >= 11 is 0. The molecule has 3 rings (SSSR count). The molecule has 24 heavy (non-hydrogen) atoms. The third-order valence-electron chi connectivity index (χ3n) is 4.51. The van der Waals surface area contributed by atoms with Crippen molar-refractivity contribution < 1.29 is 9.53 Å². The number of aromatic nitrogens is 3. The van der Waals surface area contributed by atoms with Crippen LogP contribution in [0.5, 0.6) is 0 Å². The van der Waals surface area contributed by atoms with Crippen molar-refractivity contribution >= 4 is 11.6 Å². The zero-order valence-corrected chi connectivity index (χ0v) is 14.4. The van der Waals surface area contributed by atoms with E-state index in [1.165, 1.54) is 0 Å². The molecule has 0 atom stereocenters. The Kier molecular flexibility index (Phi) is 5.42. The highest BCUT2D eigenvalue weighted by atomic mass is 16.5. The van der Waals surface area contributed by atoms with E-state index in [9.17, 15) is 4.79 Å². The van der Waals surface area contributed by atoms with Gasteiger partial charge in [0.1, 0.15) is 5.56 Å². The molecule has 1 N–H and O–H groups in total. The quantitative estimate of drug-likeness (QED) is 0.868. The fourth-order valence-corrected chi connectivity index (χ4v) is 2.97. The summed E-state index contributed by atoms with van der Waals surface area (Å²) < 4.78 is 7.01. The largest absolute Gasteiger partial charge is 0.381 e. The second-order valence-corrected chi connectivity index (χ2v) is 6.11. The fourth-order valence-electron chi connectivity index (χ4n) is 2.97. The van der Waals surface area contributed by atoms with Gasteiger partial charge in [-0.15, -0.1) is 0 Å². The maximum atomic E-state index is 12.5. The first-order valence-corrected chi connectivity index (χ1v) is 8.64. The van der Waals surface area contributed by atoms with E-state index in [2.05, 4.69) is 34.1 Å². The van der Waals surface area contributed by atoms with Crippen LogP contribution in [0.25, 0.3) is 5.65 Å². The van der Waals surface area contributed by atoms with Gasteiger partial charge in [-0.3, -0.25) is 9.69 Å². The van der Waals surface area contributed by atoms with E-state index in [4.69, 9.17) is 4.74 Å². The molecule has 0 aromatic carbocycles. The summed E-state index contributed by atoms with van der Waals surface area (Å²) in [5, 5.41) is 7.36. The Morgan fingerprint density at radius 2 is 2.08 bits per heavy atom. The summed E-state index contributed by atoms with van der Waals surface area (Å²) in [5.74, 6) is -0.110. The molecule has 7 nitrogen and oxygen atoms in total. The lowest BCUT2D eigenvalue weighted by Gasteiger charge is -2.22. The first-order chi connectivity index (χ1) is 11.7. The zero-order chi connectivity index (χ0) is 16.9. The Morgan fingerprint density at radius 1 is 1.33 bits per heavy atom. The van der Waals surface area contributed by atoms with Crippen molar-refractivity contribution in [2.24, 2.45) is 0 Å². The average Bonchev–Trinajstić information content (AvgIpc) is 3.03. The normalized spacial score (nSPS) is 16.0. The van der Waals surface area contributed by atoms with Crippen LogP contribution in [0.3, 0.4) is 0 Å². The Hall–Kier alpha value is -1.99. The van der Waals surface area contributed by atoms with E-state index < -0.39 is 0 Å². The number of hydrogen-bond acceptors (Lipinski definition) is 5. The molecule has 2 aromatic rings. The van der Waals surface area contributed by atoms with E-state index in [1.807, 2.05) is 12.4 Å². The van der Waals surface area contributed by atoms with Gasteiger partial charge >= 0.3 is 0 Å². The summed E-state index contributed by atoms with van der Waals surface area (Å²) in [6.07, 6.45) is 7.09. The highest BCUT2D eigenvalue weighted by Crippen LogP contribution is 2.12. The first kappa shape index (κ1) is 16.9. The number of carbonyl (C=O) groups excluding carboxylic acids is 1. The van der Waals surface area contributed by atoms with Crippen molar-refractivity contribution in [3.8, 4) is 0 Å². The van der Waals surface area contributed by atoms with Gasteiger partial charge < -0.3 is 10.1 Å². The molecule has 0 radical (unpaired) electrons. The highest BCUT2D eigenvalue weighted by molar-refractivity contribution is 5.99. The van der Waals surface area contributed by atoms with Crippen molar-refractivity contribution in [2.45, 2.75) is 39.3 Å². The van der Waals surface area contributed by atoms with Crippen LogP contribution in [0, 0.1) is 0 Å². The van der Waals surface area contributed by atoms with Crippen LogP contribution in [0.4, 0.5) is 0 Å². The van der Waals surface area contributed by atoms with Crippen LogP contribution in [0.2, 0.25) is 0 Å². The maximum Gasteiger partial charge on any atom is 0.256 e. The molecule has 1 aliphatic heterocycles. The monoisotopic (exact) mass is 331 g/mol. The fraction of sp³-hybridized carbons (Fsp3) is 0.588. The number of nitrogens with zero attached hydrogens (tertiary/aromatic N) is 4. The lowest BCUT2D eigenvalue weighted by atomic mass is 10.1. The Bertz CT molecular complexity index is 689. The number of nitrogens with one attached hydrogen (secondary N) is 1. The molecular formula is C17H25N5O2. The maximum absolute atomic E-state index is 12.5. The molecule has 0 spiro atoms.